The minimum atomic E-state index is -1.53. The quantitative estimate of drug-likeness (QED) is 0.0114. The van der Waals surface area contributed by atoms with Crippen molar-refractivity contribution in [1.82, 2.24) is 99.0 Å². The third-order valence-corrected chi connectivity index (χ3v) is 26.5. The second-order valence-electron chi connectivity index (χ2n) is 42.1. The minimum absolute atomic E-state index is 0.0430. The molecule has 150 heavy (non-hydrogen) atoms. The van der Waals surface area contributed by atoms with E-state index in [9.17, 15) is 91.4 Å². The molecule has 5 heterocycles. The van der Waals surface area contributed by atoms with Gasteiger partial charge in [-0.3, -0.25) is 86.9 Å². The molecular weight excluding hydrogens is 1930 g/mol. The van der Waals surface area contributed by atoms with E-state index in [1.807, 2.05) is 129 Å². The van der Waals surface area contributed by atoms with Gasteiger partial charge in [-0.25, -0.2) is 4.79 Å². The summed E-state index contributed by atoms with van der Waals surface area (Å²) in [4.78, 5) is 263. The first kappa shape index (κ1) is 120. The molecule has 0 saturated carbocycles. The van der Waals surface area contributed by atoms with Gasteiger partial charge in [0, 0.05) is 62.7 Å². The van der Waals surface area contributed by atoms with Crippen molar-refractivity contribution in [3.63, 3.8) is 0 Å². The van der Waals surface area contributed by atoms with E-state index in [1.165, 1.54) is 33.4 Å². The lowest BCUT2D eigenvalue weighted by Crippen LogP contribution is -2.60. The van der Waals surface area contributed by atoms with Crippen LogP contribution in [0.4, 0.5) is 0 Å². The Hall–Kier alpha value is -14.0. The van der Waals surface area contributed by atoms with E-state index in [1.54, 1.807) is 82.4 Å². The predicted octanol–water partition coefficient (Wildman–Crippen LogP) is 1.53. The summed E-state index contributed by atoms with van der Waals surface area (Å²) in [5.74, 6) is -15.0. The molecular formula is C106H154N22O22. The molecule has 0 aliphatic carbocycles. The number of H-pyrrole nitrogens is 1. The maximum atomic E-state index is 14.9. The molecule has 0 unspecified atom stereocenters. The Labute approximate surface area is 875 Å². The first-order chi connectivity index (χ1) is 70.9. The summed E-state index contributed by atoms with van der Waals surface area (Å²) in [5.41, 5.74) is 12.0. The van der Waals surface area contributed by atoms with E-state index in [0.717, 1.165) is 27.6 Å². The van der Waals surface area contributed by atoms with Gasteiger partial charge < -0.3 is 130 Å². The van der Waals surface area contributed by atoms with Crippen LogP contribution in [-0.4, -0.2) is 316 Å². The van der Waals surface area contributed by atoms with Gasteiger partial charge in [0.2, 0.25) is 100 Å². The van der Waals surface area contributed by atoms with Crippen molar-refractivity contribution in [2.45, 2.75) is 307 Å². The molecule has 820 valence electrons. The fraction of sp³-hybridized carbons (Fsp3) is 0.575. The molecule has 44 heteroatoms. The average Bonchev–Trinajstić information content (AvgIpc) is 1.13. The lowest BCUT2D eigenvalue weighted by molar-refractivity contribution is -0.151. The Morgan fingerprint density at radius 3 is 1.40 bits per heavy atom. The Bertz CT molecular complexity index is 5440. The Balaban J connectivity index is 0.750. The number of nitrogens with two attached hydrogens (primary N) is 2. The van der Waals surface area contributed by atoms with Crippen molar-refractivity contribution in [2.24, 2.45) is 23.3 Å². The molecule has 21 N–H and O–H groups in total. The molecule has 4 fully saturated rings. The molecule has 9 rings (SSSR count). The lowest BCUT2D eigenvalue weighted by atomic mass is 9.77. The van der Waals surface area contributed by atoms with Crippen molar-refractivity contribution in [1.29, 1.82) is 5.41 Å². The molecule has 4 aliphatic heterocycles. The van der Waals surface area contributed by atoms with Crippen LogP contribution < -0.4 is 85.9 Å². The molecule has 5 aromatic rings. The smallest absolute Gasteiger partial charge is 0.326 e. The van der Waals surface area contributed by atoms with Crippen LogP contribution in [-0.2, 0) is 112 Å². The number of carbonyl (C=O) groups excluding carboxylic acids is 17. The minimum Gasteiger partial charge on any atom is -0.480 e. The Morgan fingerprint density at radius 1 is 0.447 bits per heavy atom. The van der Waals surface area contributed by atoms with Crippen LogP contribution in [0.15, 0.2) is 121 Å². The Kier molecular flexibility index (Phi) is 44.2. The number of fused-ring (bicyclic) bond motifs is 1. The number of nitrogens with one attached hydrogen (secondary N) is 16. The molecule has 4 saturated heterocycles. The SMILES string of the molecule is CC[C@H](C)[C@H](NC(=O)[C@H](CC(C)C)NC(=O)[C@H](Cc1c[nH]c2ccccc12)NC(=O)[C@@H](N)CCC(=O)NC(c1ccccc1)(c1ccccc1)c1ccccc1)C(=O)N[C@@H](C)C(=O)NCC(=O)NCC(=O)N1CCC[C@H]1C(=O)N[C@@H](COC(C)(C)C)C(=O)N[C@@H](COC(C)(C)C)C(=O)NCC(=O)N[C@@H](C)C(=O)N1CCC[C@H]1C(=O)N1CCC[C@H]1C(=O)N1CCC[C@H]1C(=O)N[C@@H](COC(C)(C)C)C(=O)N[C@@H](CCCNC(=N)N)C(=O)O. The zero-order chi connectivity index (χ0) is 110. The zero-order valence-electron chi connectivity index (χ0n) is 88.6. The van der Waals surface area contributed by atoms with Crippen LogP contribution in [0.25, 0.3) is 10.9 Å². The summed E-state index contributed by atoms with van der Waals surface area (Å²) in [6, 6.07) is 18.0. The van der Waals surface area contributed by atoms with E-state index in [0.29, 0.717) is 37.7 Å². The molecule has 4 aromatic carbocycles. The number of aromatic amines is 1. The van der Waals surface area contributed by atoms with E-state index in [-0.39, 0.29) is 115 Å². The summed E-state index contributed by atoms with van der Waals surface area (Å²) < 4.78 is 17.9. The number of nitrogens with zero attached hydrogens (tertiary/aromatic N) is 4. The van der Waals surface area contributed by atoms with Crippen LogP contribution in [0.1, 0.15) is 216 Å². The van der Waals surface area contributed by atoms with Gasteiger partial charge in [-0.05, 0) is 193 Å². The van der Waals surface area contributed by atoms with Crippen molar-refractivity contribution < 1.29 is 106 Å². The summed E-state index contributed by atoms with van der Waals surface area (Å²) in [7, 11) is 0. The predicted molar refractivity (Wildman–Crippen MR) is 556 cm³/mol. The van der Waals surface area contributed by atoms with Gasteiger partial charge in [0.15, 0.2) is 5.96 Å². The van der Waals surface area contributed by atoms with Crippen molar-refractivity contribution in [2.75, 3.05) is 72.2 Å². The van der Waals surface area contributed by atoms with Gasteiger partial charge in [0.25, 0.3) is 0 Å². The number of guanidine groups is 1. The molecule has 4 aliphatic rings. The normalized spacial score (nSPS) is 18.0. The second-order valence-corrected chi connectivity index (χ2v) is 42.1. The largest absolute Gasteiger partial charge is 0.480 e. The van der Waals surface area contributed by atoms with Gasteiger partial charge in [-0.1, -0.05) is 143 Å². The fourth-order valence-electron chi connectivity index (χ4n) is 18.3. The second kappa shape index (κ2) is 55.5. The van der Waals surface area contributed by atoms with Crippen LogP contribution in [0.5, 0.6) is 0 Å². The lowest BCUT2D eigenvalue weighted by Gasteiger charge is -2.37. The van der Waals surface area contributed by atoms with Crippen molar-refractivity contribution >= 4 is 123 Å². The van der Waals surface area contributed by atoms with E-state index < -0.39 is 252 Å². The monoisotopic (exact) mass is 2090 g/mol. The number of aliphatic carboxylic acids is 1. The molecule has 1 aromatic heterocycles. The number of rotatable bonds is 52. The third kappa shape index (κ3) is 35.1. The number of hydrogen-bond donors (Lipinski definition) is 19. The first-order valence-corrected chi connectivity index (χ1v) is 51.6. The standard InChI is InChI=1S/C106H154N22O22/c1-16-63(4)87(123-92(137)74(53-62(2)3)119-91(136)75(54-66-55-111-72-40-27-26-39-70(66)72)118-89(134)71(107)46-47-83(129)124-106(67-33-20-17-21-34-67,68-35-22-18-23-36-68)69-37-24-19-25-38-69)97(142)116-64(5)88(133)113-56-84(130)112-58-86(132)125-49-29-42-79(125)95(140)121-78(61-150-105(13,14)15)94(139)120-76(59-148-103(7,8)9)90(135)114-57-85(131)115-65(6)98(143)127-51-31-44-81(127)100(145)128-52-32-45-82(128)99(144)126-50-30-43-80(126)96(141)122-77(60-149-104(10,11)12)93(138)117-73(101(146)147)41-28-48-110-102(108)109/h17-27,33-40,55,62-65,71,73-82,87,111H,16,28-32,41-54,56-61,107H2,1-15H3,(H,112,130)(H,113,133)(H,114,135)(H,115,131)(H,116,142)(H,117,138)(H,118,134)(H,119,136)(H,120,139)(H,121,140)(H,122,141)(H,123,137)(H,124,129)(H,146,147)(H4,108,109,110)/t63-,64-,65-,71-,73-,74-,75-,76-,77-,78-,79-,80-,81-,82-,87-/m0/s1. The number of ether oxygens (including phenoxy) is 3. The summed E-state index contributed by atoms with van der Waals surface area (Å²) >= 11 is 0. The number of hydrogen-bond acceptors (Lipinski definition) is 23. The highest BCUT2D eigenvalue weighted by atomic mass is 16.5. The topological polar surface area (TPSA) is 628 Å². The van der Waals surface area contributed by atoms with Gasteiger partial charge >= 0.3 is 5.97 Å². The summed E-state index contributed by atoms with van der Waals surface area (Å²) in [5, 5.41) is 55.4. The summed E-state index contributed by atoms with van der Waals surface area (Å²) in [6.45, 7) is 22.5. The Morgan fingerprint density at radius 2 is 0.887 bits per heavy atom. The van der Waals surface area contributed by atoms with Crippen LogP contribution in [0.3, 0.4) is 0 Å². The number of likely N-dealkylation sites (tertiary alicyclic amines) is 4. The third-order valence-electron chi connectivity index (χ3n) is 26.5. The van der Waals surface area contributed by atoms with Crippen molar-refractivity contribution in [3.05, 3.63) is 144 Å². The van der Waals surface area contributed by atoms with E-state index >= 15 is 0 Å². The number of para-hydroxylation sites is 1. The molecule has 15 atom stereocenters. The van der Waals surface area contributed by atoms with Crippen LogP contribution in [0, 0.1) is 17.2 Å². The molecule has 44 nitrogen and oxygen atoms in total. The van der Waals surface area contributed by atoms with E-state index in [4.69, 9.17) is 31.1 Å². The number of amides is 17. The number of carboxylic acid groups (broad SMARTS) is 1. The molecule has 0 spiro atoms. The summed E-state index contributed by atoms with van der Waals surface area (Å²) in [6.07, 6.45) is 4.22. The maximum Gasteiger partial charge on any atom is 0.326 e. The van der Waals surface area contributed by atoms with E-state index in [2.05, 4.69) is 79.4 Å². The molecule has 0 bridgehead atoms. The fourth-order valence-corrected chi connectivity index (χ4v) is 18.3. The number of carboxylic acids is 1. The number of carbonyl (C=O) groups is 18. The van der Waals surface area contributed by atoms with Crippen LogP contribution in [0.2, 0.25) is 0 Å². The first-order valence-electron chi connectivity index (χ1n) is 51.6. The number of benzene rings is 4. The van der Waals surface area contributed by atoms with Gasteiger partial charge in [0.1, 0.15) is 84.1 Å². The average molecular weight is 2090 g/mol. The number of aromatic nitrogens is 1. The highest BCUT2D eigenvalue weighted by molar-refractivity contribution is 6.02. The van der Waals surface area contributed by atoms with Crippen LogP contribution >= 0.6 is 0 Å². The zero-order valence-corrected chi connectivity index (χ0v) is 88.6. The van der Waals surface area contributed by atoms with Gasteiger partial charge in [-0.15, -0.1) is 0 Å². The molecule has 0 radical (unpaired) electrons. The van der Waals surface area contributed by atoms with Gasteiger partial charge in [0.05, 0.1) is 62.3 Å². The van der Waals surface area contributed by atoms with Gasteiger partial charge in [-0.2, -0.15) is 0 Å². The highest BCUT2D eigenvalue weighted by Gasteiger charge is 2.49. The maximum absolute atomic E-state index is 14.9. The molecule has 17 amide bonds. The highest BCUT2D eigenvalue weighted by Crippen LogP contribution is 2.38. The van der Waals surface area contributed by atoms with Crippen molar-refractivity contribution in [3.8, 4) is 0 Å².